The minimum Gasteiger partial charge on any atom is -0.508 e. The number of nitrogens with zero attached hydrogens (tertiary/aromatic N) is 1. The molecule has 30 heavy (non-hydrogen) atoms. The average Bonchev–Trinajstić information content (AvgIpc) is 2.94. The van der Waals surface area contributed by atoms with E-state index in [1.54, 1.807) is 18.2 Å². The molecule has 1 fully saturated rings. The van der Waals surface area contributed by atoms with Gasteiger partial charge in [0.2, 0.25) is 15.9 Å². The number of nitrogens with two attached hydrogens (primary N) is 1. The molecule has 0 unspecified atom stereocenters. The van der Waals surface area contributed by atoms with Gasteiger partial charge >= 0.3 is 0 Å². The fraction of sp³-hybridized carbons (Fsp3) is 0.105. The number of primary sulfonamides is 1. The van der Waals surface area contributed by atoms with Crippen LogP contribution in [0.15, 0.2) is 58.3 Å². The topological polar surface area (TPSA) is 130 Å². The van der Waals surface area contributed by atoms with Crippen LogP contribution in [0.3, 0.4) is 0 Å². The van der Waals surface area contributed by atoms with Crippen LogP contribution in [0, 0.1) is 0 Å². The van der Waals surface area contributed by atoms with Gasteiger partial charge in [-0.2, -0.15) is 0 Å². The highest BCUT2D eigenvalue weighted by atomic mass is 32.2. The molecule has 2 aromatic carbocycles. The summed E-state index contributed by atoms with van der Waals surface area (Å²) in [6.07, 6.45) is 1.68. The highest BCUT2D eigenvalue weighted by Crippen LogP contribution is 2.32. The van der Waals surface area contributed by atoms with E-state index in [9.17, 15) is 23.1 Å². The zero-order valence-electron chi connectivity index (χ0n) is 15.4. The number of nitrogens with one attached hydrogen (secondary N) is 1. The van der Waals surface area contributed by atoms with Gasteiger partial charge in [-0.1, -0.05) is 36.1 Å². The van der Waals surface area contributed by atoms with E-state index < -0.39 is 10.0 Å². The molecular formula is C19H17N3O5S3. The van der Waals surface area contributed by atoms with Crippen molar-refractivity contribution in [2.24, 2.45) is 5.14 Å². The number of hydrogen-bond donors (Lipinski definition) is 3. The van der Waals surface area contributed by atoms with Crippen molar-refractivity contribution in [1.29, 1.82) is 0 Å². The minimum absolute atomic E-state index is 0.00979. The molecule has 1 saturated heterocycles. The van der Waals surface area contributed by atoms with E-state index in [-0.39, 0.29) is 35.4 Å². The number of hydrogen-bond acceptors (Lipinski definition) is 7. The SMILES string of the molecule is NS(=O)(=O)c1ccc(NC(=O)CCN2C(=O)/C(=C/c3ccc(O)cc3)SC2=S)cc1. The van der Waals surface area contributed by atoms with Crippen molar-refractivity contribution < 1.29 is 23.1 Å². The monoisotopic (exact) mass is 463 g/mol. The van der Waals surface area contributed by atoms with E-state index >= 15 is 0 Å². The van der Waals surface area contributed by atoms with Crippen molar-refractivity contribution in [3.05, 3.63) is 59.0 Å². The number of thioether (sulfide) groups is 1. The predicted molar refractivity (Wildman–Crippen MR) is 119 cm³/mol. The molecule has 156 valence electrons. The van der Waals surface area contributed by atoms with E-state index in [0.29, 0.717) is 14.9 Å². The standard InChI is InChI=1S/C19H17N3O5S3/c20-30(26,27)15-7-3-13(4-8-15)21-17(24)9-10-22-18(25)16(29-19(22)28)11-12-1-5-14(23)6-2-12/h1-8,11,23H,9-10H2,(H,21,24)(H2,20,26,27)/b16-11-. The van der Waals surface area contributed by atoms with Crippen LogP contribution in [-0.2, 0) is 19.6 Å². The molecule has 0 aliphatic carbocycles. The third-order valence-electron chi connectivity index (χ3n) is 4.09. The van der Waals surface area contributed by atoms with Gasteiger partial charge < -0.3 is 10.4 Å². The normalized spacial score (nSPS) is 15.6. The number of amides is 2. The number of anilines is 1. The van der Waals surface area contributed by atoms with Gasteiger partial charge in [-0.25, -0.2) is 13.6 Å². The number of thiocarbonyl (C=S) groups is 1. The van der Waals surface area contributed by atoms with E-state index in [1.807, 2.05) is 0 Å². The maximum Gasteiger partial charge on any atom is 0.266 e. The Balaban J connectivity index is 1.58. The number of sulfonamides is 1. The third-order valence-corrected chi connectivity index (χ3v) is 6.40. The van der Waals surface area contributed by atoms with Crippen LogP contribution in [0.25, 0.3) is 6.08 Å². The minimum atomic E-state index is -3.80. The van der Waals surface area contributed by atoms with Crippen molar-refractivity contribution in [3.63, 3.8) is 0 Å². The first-order chi connectivity index (χ1) is 14.1. The number of carbonyl (C=O) groups is 2. The molecule has 0 radical (unpaired) electrons. The van der Waals surface area contributed by atoms with Crippen molar-refractivity contribution in [3.8, 4) is 5.75 Å². The summed E-state index contributed by atoms with van der Waals surface area (Å²) in [4.78, 5) is 26.5. The zero-order chi connectivity index (χ0) is 21.9. The Labute approximate surface area is 182 Å². The summed E-state index contributed by atoms with van der Waals surface area (Å²) in [5, 5.41) is 17.0. The van der Waals surface area contributed by atoms with Crippen LogP contribution in [-0.4, -0.2) is 41.1 Å². The molecule has 1 heterocycles. The first-order valence-corrected chi connectivity index (χ1v) is 11.4. The molecule has 11 heteroatoms. The van der Waals surface area contributed by atoms with E-state index in [4.69, 9.17) is 17.4 Å². The lowest BCUT2D eigenvalue weighted by Gasteiger charge is -2.14. The van der Waals surface area contributed by atoms with Crippen LogP contribution < -0.4 is 10.5 Å². The van der Waals surface area contributed by atoms with Crippen LogP contribution in [0.2, 0.25) is 0 Å². The third kappa shape index (κ3) is 5.45. The predicted octanol–water partition coefficient (Wildman–Crippen LogP) is 2.27. The summed E-state index contributed by atoms with van der Waals surface area (Å²) in [6, 6.07) is 11.8. The fourth-order valence-electron chi connectivity index (χ4n) is 2.58. The first kappa shape index (κ1) is 22.0. The van der Waals surface area contributed by atoms with Gasteiger partial charge in [0, 0.05) is 18.7 Å². The second-order valence-corrected chi connectivity index (χ2v) is 9.53. The number of phenols is 1. The molecule has 0 atom stereocenters. The summed E-state index contributed by atoms with van der Waals surface area (Å²) in [5.74, 6) is -0.511. The highest BCUT2D eigenvalue weighted by molar-refractivity contribution is 8.26. The maximum atomic E-state index is 12.6. The molecule has 0 spiro atoms. The Morgan fingerprint density at radius 1 is 1.17 bits per heavy atom. The van der Waals surface area contributed by atoms with Gasteiger partial charge in [-0.05, 0) is 48.0 Å². The summed E-state index contributed by atoms with van der Waals surface area (Å²) >= 11 is 6.40. The lowest BCUT2D eigenvalue weighted by Crippen LogP contribution is -2.31. The molecule has 0 aromatic heterocycles. The van der Waals surface area contributed by atoms with Crippen LogP contribution in [0.1, 0.15) is 12.0 Å². The average molecular weight is 464 g/mol. The summed E-state index contributed by atoms with van der Waals surface area (Å²) in [7, 11) is -3.80. The Kier molecular flexibility index (Phi) is 6.56. The van der Waals surface area contributed by atoms with E-state index in [2.05, 4.69) is 5.32 Å². The second-order valence-electron chi connectivity index (χ2n) is 6.29. The smallest absolute Gasteiger partial charge is 0.266 e. The lowest BCUT2D eigenvalue weighted by molar-refractivity contribution is -0.122. The molecule has 0 saturated carbocycles. The maximum absolute atomic E-state index is 12.6. The Morgan fingerprint density at radius 2 is 1.80 bits per heavy atom. The van der Waals surface area contributed by atoms with Gasteiger partial charge in [0.1, 0.15) is 10.1 Å². The Hall–Kier alpha value is -2.73. The van der Waals surface area contributed by atoms with Crippen molar-refractivity contribution in [2.75, 3.05) is 11.9 Å². The van der Waals surface area contributed by atoms with Crippen molar-refractivity contribution in [1.82, 2.24) is 4.90 Å². The summed E-state index contributed by atoms with van der Waals surface area (Å²) in [5.41, 5.74) is 1.15. The Morgan fingerprint density at radius 3 is 2.40 bits per heavy atom. The van der Waals surface area contributed by atoms with Gasteiger partial charge in [0.25, 0.3) is 5.91 Å². The Bertz CT molecular complexity index is 1130. The second kappa shape index (κ2) is 8.96. The zero-order valence-corrected chi connectivity index (χ0v) is 17.9. The van der Waals surface area contributed by atoms with Gasteiger partial charge in [0.15, 0.2) is 0 Å². The van der Waals surface area contributed by atoms with Crippen LogP contribution >= 0.6 is 24.0 Å². The van der Waals surface area contributed by atoms with E-state index in [1.165, 1.54) is 41.3 Å². The quantitative estimate of drug-likeness (QED) is 0.443. The van der Waals surface area contributed by atoms with Gasteiger partial charge in [0.05, 0.1) is 9.80 Å². The molecule has 1 aliphatic rings. The fourth-order valence-corrected chi connectivity index (χ4v) is 4.40. The molecule has 3 rings (SSSR count). The molecular weight excluding hydrogens is 446 g/mol. The summed E-state index contributed by atoms with van der Waals surface area (Å²) in [6.45, 7) is 0.110. The molecule has 2 aromatic rings. The number of phenolic OH excluding ortho intramolecular Hbond substituents is 1. The largest absolute Gasteiger partial charge is 0.508 e. The molecule has 2 amide bonds. The lowest BCUT2D eigenvalue weighted by atomic mass is 10.2. The molecule has 4 N–H and O–H groups in total. The number of aromatic hydroxyl groups is 1. The van der Waals surface area contributed by atoms with Crippen molar-refractivity contribution >= 4 is 61.9 Å². The molecule has 1 aliphatic heterocycles. The van der Waals surface area contributed by atoms with Crippen molar-refractivity contribution in [2.45, 2.75) is 11.3 Å². The molecule has 8 nitrogen and oxygen atoms in total. The number of benzene rings is 2. The number of carbonyl (C=O) groups excluding carboxylic acids is 2. The molecule has 0 bridgehead atoms. The number of rotatable bonds is 6. The summed E-state index contributed by atoms with van der Waals surface area (Å²) < 4.78 is 22.9. The highest BCUT2D eigenvalue weighted by Gasteiger charge is 2.32. The van der Waals surface area contributed by atoms with Crippen LogP contribution in [0.5, 0.6) is 5.75 Å². The van der Waals surface area contributed by atoms with Gasteiger partial charge in [-0.3, -0.25) is 14.5 Å². The van der Waals surface area contributed by atoms with E-state index in [0.717, 1.165) is 17.3 Å². The first-order valence-electron chi connectivity index (χ1n) is 8.60. The van der Waals surface area contributed by atoms with Crippen LogP contribution in [0.4, 0.5) is 5.69 Å². The van der Waals surface area contributed by atoms with Gasteiger partial charge in [-0.15, -0.1) is 0 Å².